The fourth-order valence-electron chi connectivity index (χ4n) is 2.49. The second-order valence-electron chi connectivity index (χ2n) is 7.07. The first-order valence-electron chi connectivity index (χ1n) is 7.94. The molecule has 0 aliphatic carbocycles. The van der Waals surface area contributed by atoms with Crippen molar-refractivity contribution in [1.29, 1.82) is 0 Å². The van der Waals surface area contributed by atoms with Gasteiger partial charge in [-0.3, -0.25) is 4.79 Å². The van der Waals surface area contributed by atoms with Crippen LogP contribution in [-0.2, 0) is 10.3 Å². The van der Waals surface area contributed by atoms with Gasteiger partial charge in [0.1, 0.15) is 0 Å². The van der Waals surface area contributed by atoms with Gasteiger partial charge in [0.2, 0.25) is 11.1 Å². The predicted octanol–water partition coefficient (Wildman–Crippen LogP) is 3.47. The zero-order valence-electron chi connectivity index (χ0n) is 15.3. The van der Waals surface area contributed by atoms with Crippen LogP contribution in [0.4, 0.5) is 5.69 Å². The second kappa shape index (κ2) is 6.93. The number of amides is 1. The lowest BCUT2D eigenvalue weighted by atomic mass is 10.1. The third-order valence-corrected chi connectivity index (χ3v) is 4.69. The number of anilines is 1. The molecule has 1 N–H and O–H groups in total. The number of nitrogens with zero attached hydrogens (tertiary/aromatic N) is 4. The maximum absolute atomic E-state index is 12.6. The van der Waals surface area contributed by atoms with Crippen molar-refractivity contribution >= 4 is 23.4 Å². The number of hydrogen-bond donors (Lipinski definition) is 1. The van der Waals surface area contributed by atoms with Gasteiger partial charge in [-0.1, -0.05) is 29.5 Å². The molecule has 0 fully saturated rings. The average Bonchev–Trinajstić information content (AvgIpc) is 2.90. The molecule has 2 aromatic rings. The first-order valence-corrected chi connectivity index (χ1v) is 8.82. The van der Waals surface area contributed by atoms with E-state index < -0.39 is 0 Å². The molecule has 1 heterocycles. The minimum absolute atomic E-state index is 0.0569. The van der Waals surface area contributed by atoms with E-state index in [1.807, 2.05) is 41.5 Å². The Balaban J connectivity index is 2.13. The van der Waals surface area contributed by atoms with Gasteiger partial charge in [0.05, 0.1) is 10.8 Å². The second-order valence-corrected chi connectivity index (χ2v) is 8.38. The van der Waals surface area contributed by atoms with Gasteiger partial charge in [0.25, 0.3) is 0 Å². The Morgan fingerprint density at radius 1 is 1.21 bits per heavy atom. The summed E-state index contributed by atoms with van der Waals surface area (Å²) in [6.45, 7) is 14.0. The van der Waals surface area contributed by atoms with Gasteiger partial charge in [-0.15, -0.1) is 5.10 Å². The van der Waals surface area contributed by atoms with Gasteiger partial charge in [-0.2, -0.15) is 0 Å². The quantitative estimate of drug-likeness (QED) is 0.857. The van der Waals surface area contributed by atoms with E-state index in [1.165, 1.54) is 17.3 Å². The molecule has 0 aliphatic rings. The van der Waals surface area contributed by atoms with Crippen LogP contribution in [0.15, 0.2) is 17.3 Å². The Morgan fingerprint density at radius 2 is 1.79 bits per heavy atom. The zero-order chi connectivity index (χ0) is 18.1. The molecular formula is C17H25N5OS. The number of hydrogen-bond acceptors (Lipinski definition) is 5. The minimum atomic E-state index is -0.308. The van der Waals surface area contributed by atoms with Gasteiger partial charge in [0, 0.05) is 5.69 Å². The normalized spacial score (nSPS) is 13.0. The van der Waals surface area contributed by atoms with E-state index in [0.717, 1.165) is 16.8 Å². The summed E-state index contributed by atoms with van der Waals surface area (Å²) >= 11 is 1.36. The summed E-state index contributed by atoms with van der Waals surface area (Å²) in [5, 5.41) is 15.2. The highest BCUT2D eigenvalue weighted by atomic mass is 32.2. The van der Waals surface area contributed by atoms with E-state index >= 15 is 0 Å². The fraction of sp³-hybridized carbons (Fsp3) is 0.529. The molecule has 1 amide bonds. The van der Waals surface area contributed by atoms with Gasteiger partial charge in [0.15, 0.2) is 0 Å². The van der Waals surface area contributed by atoms with Crippen LogP contribution >= 0.6 is 11.8 Å². The fourth-order valence-corrected chi connectivity index (χ4v) is 3.46. The Kier molecular flexibility index (Phi) is 5.32. The molecular weight excluding hydrogens is 322 g/mol. The van der Waals surface area contributed by atoms with Crippen molar-refractivity contribution in [1.82, 2.24) is 20.2 Å². The molecule has 0 radical (unpaired) electrons. The van der Waals surface area contributed by atoms with E-state index in [0.29, 0.717) is 5.16 Å². The van der Waals surface area contributed by atoms with E-state index in [9.17, 15) is 4.79 Å². The van der Waals surface area contributed by atoms with Crippen molar-refractivity contribution in [3.63, 3.8) is 0 Å². The smallest absolute Gasteiger partial charge is 0.237 e. The van der Waals surface area contributed by atoms with Gasteiger partial charge >= 0.3 is 0 Å². The maximum atomic E-state index is 12.6. The molecule has 0 saturated carbocycles. The summed E-state index contributed by atoms with van der Waals surface area (Å²) in [6.07, 6.45) is 0. The highest BCUT2D eigenvalue weighted by molar-refractivity contribution is 8.00. The number of rotatable bonds is 4. The third-order valence-electron chi connectivity index (χ3n) is 3.65. The number of carbonyl (C=O) groups is 1. The Morgan fingerprint density at radius 3 is 2.33 bits per heavy atom. The van der Waals surface area contributed by atoms with E-state index in [1.54, 1.807) is 4.68 Å². The Bertz CT molecular complexity index is 725. The molecule has 0 bridgehead atoms. The standard InChI is InChI=1S/C17H25N5OS/c1-10-8-11(2)14(12(3)9-10)18-15(23)13(4)24-16-19-20-21-22(16)17(5,6)7/h8-9,13H,1-7H3,(H,18,23). The van der Waals surface area contributed by atoms with Crippen LogP contribution in [0.2, 0.25) is 0 Å². The van der Waals surface area contributed by atoms with Crippen molar-refractivity contribution in [2.45, 2.75) is 64.4 Å². The Labute approximate surface area is 147 Å². The Hall–Kier alpha value is -1.89. The SMILES string of the molecule is Cc1cc(C)c(NC(=O)C(C)Sc2nnnn2C(C)(C)C)c(C)c1. The molecule has 0 spiro atoms. The van der Waals surface area contributed by atoms with Crippen LogP contribution in [0.1, 0.15) is 44.4 Å². The highest BCUT2D eigenvalue weighted by Crippen LogP contribution is 2.27. The van der Waals surface area contributed by atoms with Gasteiger partial charge in [-0.05, 0) is 70.0 Å². The number of thioether (sulfide) groups is 1. The van der Waals surface area contributed by atoms with E-state index in [-0.39, 0.29) is 16.7 Å². The highest BCUT2D eigenvalue weighted by Gasteiger charge is 2.24. The summed E-state index contributed by atoms with van der Waals surface area (Å²) < 4.78 is 1.74. The van der Waals surface area contributed by atoms with Crippen LogP contribution in [0.5, 0.6) is 0 Å². The first-order chi connectivity index (χ1) is 11.1. The summed E-state index contributed by atoms with van der Waals surface area (Å²) in [7, 11) is 0. The van der Waals surface area contributed by atoms with Crippen LogP contribution < -0.4 is 5.32 Å². The lowest BCUT2D eigenvalue weighted by molar-refractivity contribution is -0.115. The van der Waals surface area contributed by atoms with Gasteiger partial charge < -0.3 is 5.32 Å². The molecule has 7 heteroatoms. The molecule has 24 heavy (non-hydrogen) atoms. The molecule has 1 aromatic heterocycles. The van der Waals surface area contributed by atoms with Crippen LogP contribution in [0.3, 0.4) is 0 Å². The van der Waals surface area contributed by atoms with Crippen LogP contribution in [0, 0.1) is 20.8 Å². The van der Waals surface area contributed by atoms with Gasteiger partial charge in [-0.25, -0.2) is 4.68 Å². The summed E-state index contributed by atoms with van der Waals surface area (Å²) in [5.41, 5.74) is 3.98. The van der Waals surface area contributed by atoms with Crippen LogP contribution in [0.25, 0.3) is 0 Å². The molecule has 1 aromatic carbocycles. The monoisotopic (exact) mass is 347 g/mol. The molecule has 0 aliphatic heterocycles. The zero-order valence-corrected chi connectivity index (χ0v) is 16.2. The lowest BCUT2D eigenvalue weighted by Gasteiger charge is -2.21. The van der Waals surface area contributed by atoms with Crippen molar-refractivity contribution in [3.8, 4) is 0 Å². The number of nitrogens with one attached hydrogen (secondary N) is 1. The van der Waals surface area contributed by atoms with Crippen molar-refractivity contribution < 1.29 is 4.79 Å². The molecule has 6 nitrogen and oxygen atoms in total. The molecule has 130 valence electrons. The number of aryl methyl sites for hydroxylation is 3. The predicted molar refractivity (Wildman–Crippen MR) is 97.4 cm³/mol. The molecule has 2 rings (SSSR count). The number of carbonyl (C=O) groups excluding carboxylic acids is 1. The van der Waals surface area contributed by atoms with Crippen LogP contribution in [-0.4, -0.2) is 31.4 Å². The molecule has 1 unspecified atom stereocenters. The minimum Gasteiger partial charge on any atom is -0.325 e. The summed E-state index contributed by atoms with van der Waals surface area (Å²) in [5.74, 6) is -0.0569. The number of benzene rings is 1. The lowest BCUT2D eigenvalue weighted by Crippen LogP contribution is -2.27. The third kappa shape index (κ3) is 4.14. The maximum Gasteiger partial charge on any atom is 0.237 e. The van der Waals surface area contributed by atoms with E-state index in [4.69, 9.17) is 0 Å². The van der Waals surface area contributed by atoms with Crippen molar-refractivity contribution in [3.05, 3.63) is 28.8 Å². The van der Waals surface area contributed by atoms with E-state index in [2.05, 4.69) is 39.9 Å². The number of tetrazole rings is 1. The topological polar surface area (TPSA) is 72.7 Å². The first kappa shape index (κ1) is 18.4. The summed E-state index contributed by atoms with van der Waals surface area (Å²) in [6, 6.07) is 4.14. The molecule has 0 saturated heterocycles. The van der Waals surface area contributed by atoms with Crippen molar-refractivity contribution in [2.75, 3.05) is 5.32 Å². The number of aromatic nitrogens is 4. The largest absolute Gasteiger partial charge is 0.325 e. The van der Waals surface area contributed by atoms with Crippen molar-refractivity contribution in [2.24, 2.45) is 0 Å². The average molecular weight is 347 g/mol. The molecule has 1 atom stereocenters. The summed E-state index contributed by atoms with van der Waals surface area (Å²) in [4.78, 5) is 12.6.